The Morgan fingerprint density at radius 2 is 2.19 bits per heavy atom. The third kappa shape index (κ3) is 2.50. The summed E-state index contributed by atoms with van der Waals surface area (Å²) in [5.41, 5.74) is 6.78. The molecule has 0 amide bonds. The molecular formula is C17H12BrClN2. The Balaban J connectivity index is 2.10. The van der Waals surface area contributed by atoms with Crippen LogP contribution in [-0.2, 0) is 12.3 Å². The zero-order valence-corrected chi connectivity index (χ0v) is 13.8. The van der Waals surface area contributed by atoms with Crippen LogP contribution in [0.3, 0.4) is 0 Å². The van der Waals surface area contributed by atoms with Gasteiger partial charge in [-0.2, -0.15) is 5.26 Å². The fourth-order valence-corrected chi connectivity index (χ4v) is 3.13. The highest BCUT2D eigenvalue weighted by Gasteiger charge is 2.21. The molecule has 2 aromatic carbocycles. The lowest BCUT2D eigenvalue weighted by atomic mass is 9.97. The number of aliphatic imine (C=N–C) groups is 1. The van der Waals surface area contributed by atoms with Gasteiger partial charge < -0.3 is 0 Å². The summed E-state index contributed by atoms with van der Waals surface area (Å²) < 4.78 is 1.07. The molecule has 4 heteroatoms. The van der Waals surface area contributed by atoms with E-state index >= 15 is 0 Å². The SMILES string of the molecule is Cc1c(Br)cccc1C1=Nc2cc(CCl)cc(C#N)c2C1. The van der Waals surface area contributed by atoms with Crippen molar-refractivity contribution in [2.45, 2.75) is 19.2 Å². The number of fused-ring (bicyclic) bond motifs is 1. The van der Waals surface area contributed by atoms with E-state index in [4.69, 9.17) is 16.6 Å². The summed E-state index contributed by atoms with van der Waals surface area (Å²) in [5, 5.41) is 9.33. The molecule has 2 aromatic rings. The van der Waals surface area contributed by atoms with Crippen LogP contribution in [0.15, 0.2) is 39.8 Å². The van der Waals surface area contributed by atoms with E-state index in [2.05, 4.69) is 35.0 Å². The second-order valence-electron chi connectivity index (χ2n) is 5.03. The van der Waals surface area contributed by atoms with Gasteiger partial charge in [0, 0.05) is 27.9 Å². The van der Waals surface area contributed by atoms with E-state index in [1.165, 1.54) is 5.56 Å². The average molecular weight is 360 g/mol. The highest BCUT2D eigenvalue weighted by molar-refractivity contribution is 9.10. The maximum absolute atomic E-state index is 9.33. The van der Waals surface area contributed by atoms with Crippen LogP contribution >= 0.6 is 27.5 Å². The Hall–Kier alpha value is -1.63. The zero-order chi connectivity index (χ0) is 15.0. The molecule has 0 N–H and O–H groups in total. The third-order valence-corrected chi connectivity index (χ3v) is 4.91. The van der Waals surface area contributed by atoms with Crippen LogP contribution in [0.1, 0.15) is 27.8 Å². The molecule has 0 bridgehead atoms. The molecule has 2 nitrogen and oxygen atoms in total. The maximum Gasteiger partial charge on any atom is 0.0995 e. The van der Waals surface area contributed by atoms with Crippen molar-refractivity contribution < 1.29 is 0 Å². The number of nitriles is 1. The van der Waals surface area contributed by atoms with Gasteiger partial charge in [-0.05, 0) is 36.2 Å². The summed E-state index contributed by atoms with van der Waals surface area (Å²) in [6, 6.07) is 12.2. The molecular weight excluding hydrogens is 348 g/mol. The van der Waals surface area contributed by atoms with Crippen molar-refractivity contribution in [2.24, 2.45) is 4.99 Å². The minimum absolute atomic E-state index is 0.392. The van der Waals surface area contributed by atoms with Crippen LogP contribution in [0.5, 0.6) is 0 Å². The number of hydrogen-bond acceptors (Lipinski definition) is 2. The van der Waals surface area contributed by atoms with Gasteiger partial charge in [0.05, 0.1) is 23.0 Å². The summed E-state index contributed by atoms with van der Waals surface area (Å²) in [7, 11) is 0. The summed E-state index contributed by atoms with van der Waals surface area (Å²) in [6.45, 7) is 2.07. The predicted molar refractivity (Wildman–Crippen MR) is 89.5 cm³/mol. The van der Waals surface area contributed by atoms with Crippen molar-refractivity contribution in [3.8, 4) is 6.07 Å². The Morgan fingerprint density at radius 3 is 2.90 bits per heavy atom. The van der Waals surface area contributed by atoms with Gasteiger partial charge >= 0.3 is 0 Å². The second-order valence-corrected chi connectivity index (χ2v) is 6.16. The van der Waals surface area contributed by atoms with E-state index in [0.29, 0.717) is 17.9 Å². The van der Waals surface area contributed by atoms with Crippen molar-refractivity contribution in [1.29, 1.82) is 5.26 Å². The van der Waals surface area contributed by atoms with Crippen molar-refractivity contribution in [1.82, 2.24) is 0 Å². The molecule has 104 valence electrons. The quantitative estimate of drug-likeness (QED) is 0.692. The molecule has 3 rings (SSSR count). The molecule has 0 spiro atoms. The van der Waals surface area contributed by atoms with Gasteiger partial charge in [-0.1, -0.05) is 28.1 Å². The zero-order valence-electron chi connectivity index (χ0n) is 11.5. The number of hydrogen-bond donors (Lipinski definition) is 0. The molecule has 21 heavy (non-hydrogen) atoms. The van der Waals surface area contributed by atoms with E-state index in [-0.39, 0.29) is 0 Å². The summed E-state index contributed by atoms with van der Waals surface area (Å²) in [6.07, 6.45) is 0.693. The molecule has 0 saturated heterocycles. The molecule has 0 unspecified atom stereocenters. The highest BCUT2D eigenvalue weighted by Crippen LogP contribution is 2.34. The first kappa shape index (κ1) is 14.3. The highest BCUT2D eigenvalue weighted by atomic mass is 79.9. The van der Waals surface area contributed by atoms with E-state index in [0.717, 1.165) is 32.6 Å². The minimum Gasteiger partial charge on any atom is -0.252 e. The number of alkyl halides is 1. The number of nitrogens with zero attached hydrogens (tertiary/aromatic N) is 2. The standard InChI is InChI=1S/C17H12BrClN2/c1-10-13(3-2-4-15(10)18)17-7-14-12(9-20)5-11(8-19)6-16(14)21-17/h2-6H,7-8H2,1H3. The average Bonchev–Trinajstić information content (AvgIpc) is 2.92. The lowest BCUT2D eigenvalue weighted by Crippen LogP contribution is -2.04. The van der Waals surface area contributed by atoms with Crippen LogP contribution in [0.4, 0.5) is 5.69 Å². The normalized spacial score (nSPS) is 12.8. The molecule has 0 fully saturated rings. The lowest BCUT2D eigenvalue weighted by Gasteiger charge is -2.07. The van der Waals surface area contributed by atoms with Gasteiger partial charge in [0.25, 0.3) is 0 Å². The van der Waals surface area contributed by atoms with Gasteiger partial charge in [-0.25, -0.2) is 0 Å². The maximum atomic E-state index is 9.33. The topological polar surface area (TPSA) is 36.1 Å². The van der Waals surface area contributed by atoms with Gasteiger partial charge in [-0.15, -0.1) is 11.6 Å². The van der Waals surface area contributed by atoms with Gasteiger partial charge in [0.15, 0.2) is 0 Å². The fourth-order valence-electron chi connectivity index (χ4n) is 2.61. The van der Waals surface area contributed by atoms with E-state index in [1.54, 1.807) is 0 Å². The number of benzene rings is 2. The summed E-state index contributed by atoms with van der Waals surface area (Å²) >= 11 is 9.45. The Kier molecular flexibility index (Phi) is 3.84. The Labute approximate surface area is 137 Å². The largest absolute Gasteiger partial charge is 0.252 e. The smallest absolute Gasteiger partial charge is 0.0995 e. The molecule has 0 aromatic heterocycles. The first-order valence-electron chi connectivity index (χ1n) is 6.59. The first-order chi connectivity index (χ1) is 10.1. The molecule has 0 aliphatic carbocycles. The van der Waals surface area contributed by atoms with Crippen LogP contribution in [-0.4, -0.2) is 5.71 Å². The van der Waals surface area contributed by atoms with E-state index in [9.17, 15) is 5.26 Å². The molecule has 0 saturated carbocycles. The van der Waals surface area contributed by atoms with Crippen LogP contribution < -0.4 is 0 Å². The first-order valence-corrected chi connectivity index (χ1v) is 7.91. The Morgan fingerprint density at radius 1 is 1.38 bits per heavy atom. The van der Waals surface area contributed by atoms with Gasteiger partial charge in [0.2, 0.25) is 0 Å². The van der Waals surface area contributed by atoms with Crippen molar-refractivity contribution in [2.75, 3.05) is 0 Å². The lowest BCUT2D eigenvalue weighted by molar-refractivity contribution is 1.29. The van der Waals surface area contributed by atoms with Crippen molar-refractivity contribution >= 4 is 38.9 Å². The summed E-state index contributed by atoms with van der Waals surface area (Å²) in [4.78, 5) is 4.73. The van der Waals surface area contributed by atoms with E-state index in [1.807, 2.05) is 24.3 Å². The molecule has 0 radical (unpaired) electrons. The monoisotopic (exact) mass is 358 g/mol. The molecule has 0 atom stereocenters. The van der Waals surface area contributed by atoms with Crippen molar-refractivity contribution in [3.05, 3.63) is 62.6 Å². The van der Waals surface area contributed by atoms with Gasteiger partial charge in [-0.3, -0.25) is 4.99 Å². The molecule has 1 heterocycles. The van der Waals surface area contributed by atoms with Crippen LogP contribution in [0.25, 0.3) is 0 Å². The molecule has 1 aliphatic rings. The van der Waals surface area contributed by atoms with Crippen molar-refractivity contribution in [3.63, 3.8) is 0 Å². The summed E-state index contributed by atoms with van der Waals surface area (Å²) in [5.74, 6) is 0.392. The van der Waals surface area contributed by atoms with Gasteiger partial charge in [0.1, 0.15) is 0 Å². The van der Waals surface area contributed by atoms with Crippen LogP contribution in [0, 0.1) is 18.3 Å². The second kappa shape index (κ2) is 5.63. The van der Waals surface area contributed by atoms with Crippen LogP contribution in [0.2, 0.25) is 0 Å². The Bertz CT molecular complexity index is 803. The predicted octanol–water partition coefficient (Wildman–Crippen LogP) is 5.04. The number of rotatable bonds is 2. The fraction of sp³-hybridized carbons (Fsp3) is 0.176. The third-order valence-electron chi connectivity index (χ3n) is 3.74. The number of halogens is 2. The minimum atomic E-state index is 0.392. The van der Waals surface area contributed by atoms with E-state index < -0.39 is 0 Å². The molecule has 1 aliphatic heterocycles.